The maximum absolute atomic E-state index is 12.8. The van der Waals surface area contributed by atoms with Gasteiger partial charge in [0.2, 0.25) is 5.91 Å². The van der Waals surface area contributed by atoms with E-state index in [4.69, 9.17) is 26.8 Å². The van der Waals surface area contributed by atoms with E-state index in [2.05, 4.69) is 33.1 Å². The van der Waals surface area contributed by atoms with Crippen LogP contribution in [0.2, 0.25) is 5.02 Å². The molecule has 2 heterocycles. The van der Waals surface area contributed by atoms with Crippen LogP contribution < -0.4 is 15.8 Å². The van der Waals surface area contributed by atoms with Gasteiger partial charge in [-0.15, -0.1) is 0 Å². The Morgan fingerprint density at radius 1 is 0.935 bits per heavy atom. The molecule has 9 nitrogen and oxygen atoms in total. The lowest BCUT2D eigenvalue weighted by atomic mass is 9.96. The first-order valence-electron chi connectivity index (χ1n) is 16.2. The molecule has 3 aromatic carbocycles. The summed E-state index contributed by atoms with van der Waals surface area (Å²) in [6, 6.07) is 21.9. The molecule has 0 saturated carbocycles. The Bertz CT molecular complexity index is 1460. The van der Waals surface area contributed by atoms with E-state index >= 15 is 0 Å². The van der Waals surface area contributed by atoms with Crippen LogP contribution >= 0.6 is 11.6 Å². The number of halogens is 1. The molecule has 46 heavy (non-hydrogen) atoms. The summed E-state index contributed by atoms with van der Waals surface area (Å²) in [6.45, 7) is 6.68. The van der Waals surface area contributed by atoms with Crippen molar-refractivity contribution in [1.29, 1.82) is 0 Å². The number of carbonyl (C=O) groups excluding carboxylic acids is 2. The van der Waals surface area contributed by atoms with Crippen molar-refractivity contribution >= 4 is 29.3 Å². The lowest BCUT2D eigenvalue weighted by molar-refractivity contribution is -0.123. The highest BCUT2D eigenvalue weighted by molar-refractivity contribution is 6.31. The molecule has 0 unspecified atom stereocenters. The fourth-order valence-corrected chi connectivity index (χ4v) is 6.62. The summed E-state index contributed by atoms with van der Waals surface area (Å²) in [6.07, 6.45) is 2.69. The minimum atomic E-state index is -0.410. The van der Waals surface area contributed by atoms with Gasteiger partial charge >= 0.3 is 6.09 Å². The molecule has 0 spiro atoms. The van der Waals surface area contributed by atoms with Gasteiger partial charge in [0.15, 0.2) is 0 Å². The number of likely N-dealkylation sites (tertiary alicyclic amines) is 2. The van der Waals surface area contributed by atoms with E-state index < -0.39 is 6.09 Å². The number of hydrogen-bond donors (Lipinski definition) is 2. The normalized spacial score (nSPS) is 16.8. The van der Waals surface area contributed by atoms with E-state index in [9.17, 15) is 9.59 Å². The quantitative estimate of drug-likeness (QED) is 0.254. The number of hydrogen-bond acceptors (Lipinski definition) is 7. The van der Waals surface area contributed by atoms with E-state index in [1.807, 2.05) is 60.7 Å². The van der Waals surface area contributed by atoms with Crippen molar-refractivity contribution in [2.75, 3.05) is 58.7 Å². The molecule has 2 saturated heterocycles. The summed E-state index contributed by atoms with van der Waals surface area (Å²) in [4.78, 5) is 31.3. The predicted octanol–water partition coefficient (Wildman–Crippen LogP) is 5.86. The van der Waals surface area contributed by atoms with E-state index in [0.717, 1.165) is 110 Å². The molecule has 0 bridgehead atoms. The van der Waals surface area contributed by atoms with Gasteiger partial charge in [0.05, 0.1) is 12.8 Å². The van der Waals surface area contributed by atoms with Gasteiger partial charge in [-0.25, -0.2) is 4.79 Å². The molecule has 2 aliphatic rings. The molecular weight excluding hydrogens is 602 g/mol. The van der Waals surface area contributed by atoms with E-state index in [0.29, 0.717) is 6.54 Å². The summed E-state index contributed by atoms with van der Waals surface area (Å²) in [5, 5.41) is 3.69. The highest BCUT2D eigenvalue weighted by Gasteiger charge is 2.25. The Morgan fingerprint density at radius 2 is 1.61 bits per heavy atom. The van der Waals surface area contributed by atoms with Crippen LogP contribution in [0.3, 0.4) is 0 Å². The predicted molar refractivity (Wildman–Crippen MR) is 183 cm³/mol. The molecule has 0 atom stereocenters. The second kappa shape index (κ2) is 16.3. The van der Waals surface area contributed by atoms with Crippen LogP contribution in [0, 0.1) is 5.92 Å². The first-order valence-corrected chi connectivity index (χ1v) is 16.6. The maximum Gasteiger partial charge on any atom is 0.411 e. The van der Waals surface area contributed by atoms with Gasteiger partial charge in [-0.3, -0.25) is 15.0 Å². The topological polar surface area (TPSA) is 100 Å². The van der Waals surface area contributed by atoms with Gasteiger partial charge < -0.3 is 25.0 Å². The fourth-order valence-electron chi connectivity index (χ4n) is 6.37. The Kier molecular flexibility index (Phi) is 11.9. The number of nitrogens with one attached hydrogen (secondary N) is 1. The van der Waals surface area contributed by atoms with Crippen molar-refractivity contribution in [2.24, 2.45) is 11.7 Å². The fraction of sp³-hybridized carbons (Fsp3) is 0.444. The Morgan fingerprint density at radius 3 is 2.30 bits per heavy atom. The molecule has 3 N–H and O–H groups in total. The molecule has 3 aromatic rings. The van der Waals surface area contributed by atoms with Crippen LogP contribution in [0.25, 0.3) is 11.1 Å². The second-order valence-electron chi connectivity index (χ2n) is 12.4. The minimum absolute atomic E-state index is 0.0278. The molecule has 0 aliphatic carbocycles. The van der Waals surface area contributed by atoms with Crippen LogP contribution in [-0.2, 0) is 22.6 Å². The minimum Gasteiger partial charge on any atom is -0.496 e. The number of nitrogens with two attached hydrogens (primary N) is 1. The van der Waals surface area contributed by atoms with E-state index in [1.165, 1.54) is 0 Å². The number of methoxy groups -OCH3 is 1. The average Bonchev–Trinajstić information content (AvgIpc) is 3.06. The Hall–Kier alpha value is -3.63. The van der Waals surface area contributed by atoms with Crippen LogP contribution in [-0.4, -0.2) is 86.2 Å². The van der Waals surface area contributed by atoms with E-state index in [-0.39, 0.29) is 17.9 Å². The van der Waals surface area contributed by atoms with E-state index in [1.54, 1.807) is 7.11 Å². The number of carbonyl (C=O) groups is 2. The largest absolute Gasteiger partial charge is 0.496 e. The van der Waals surface area contributed by atoms with Crippen LogP contribution in [0.1, 0.15) is 36.8 Å². The summed E-state index contributed by atoms with van der Waals surface area (Å²) >= 11 is 6.76. The van der Waals surface area contributed by atoms with Gasteiger partial charge in [-0.2, -0.15) is 0 Å². The zero-order valence-corrected chi connectivity index (χ0v) is 27.7. The van der Waals surface area contributed by atoms with Crippen molar-refractivity contribution in [2.45, 2.75) is 44.9 Å². The number of rotatable bonds is 12. The SMILES string of the molecule is COc1cc(CN(C)CCN2CCC(OC(=O)Nc3ccccc3-c3ccccc3)CC2)c(Cl)cc1CN1CCC(C(N)=O)CC1. The summed E-state index contributed by atoms with van der Waals surface area (Å²) in [5.41, 5.74) is 10.3. The molecule has 2 aliphatic heterocycles. The monoisotopic (exact) mass is 647 g/mol. The second-order valence-corrected chi connectivity index (χ2v) is 12.8. The average molecular weight is 648 g/mol. The molecule has 10 heteroatoms. The zero-order chi connectivity index (χ0) is 32.5. The van der Waals surface area contributed by atoms with Crippen molar-refractivity contribution in [3.05, 3.63) is 82.9 Å². The first-order chi connectivity index (χ1) is 22.3. The van der Waals surface area contributed by atoms with Gasteiger partial charge in [0, 0.05) is 61.3 Å². The van der Waals surface area contributed by atoms with Crippen molar-refractivity contribution in [3.8, 4) is 16.9 Å². The molecule has 5 rings (SSSR count). The number of amides is 2. The number of ether oxygens (including phenoxy) is 2. The molecule has 246 valence electrons. The number of piperidine rings is 2. The van der Waals surface area contributed by atoms with Crippen molar-refractivity contribution in [3.63, 3.8) is 0 Å². The molecule has 2 fully saturated rings. The van der Waals surface area contributed by atoms with Gasteiger partial charge in [-0.05, 0) is 75.1 Å². The Balaban J connectivity index is 1.04. The van der Waals surface area contributed by atoms with Crippen LogP contribution in [0.15, 0.2) is 66.7 Å². The lowest BCUT2D eigenvalue weighted by Gasteiger charge is -2.32. The van der Waals surface area contributed by atoms with Gasteiger partial charge in [0.1, 0.15) is 11.9 Å². The number of nitrogens with zero attached hydrogens (tertiary/aromatic N) is 3. The van der Waals surface area contributed by atoms with Gasteiger partial charge in [-0.1, -0.05) is 60.1 Å². The highest BCUT2D eigenvalue weighted by atomic mass is 35.5. The Labute approximate surface area is 277 Å². The smallest absolute Gasteiger partial charge is 0.411 e. The zero-order valence-electron chi connectivity index (χ0n) is 26.9. The number of anilines is 1. The van der Waals surface area contributed by atoms with Crippen LogP contribution in [0.4, 0.5) is 10.5 Å². The number of likely N-dealkylation sites (N-methyl/N-ethyl adjacent to an activating group) is 1. The van der Waals surface area contributed by atoms with Crippen molar-refractivity contribution in [1.82, 2.24) is 14.7 Å². The summed E-state index contributed by atoms with van der Waals surface area (Å²) in [7, 11) is 3.80. The third-order valence-electron chi connectivity index (χ3n) is 9.13. The maximum atomic E-state index is 12.8. The van der Waals surface area contributed by atoms with Gasteiger partial charge in [0.25, 0.3) is 0 Å². The molecule has 0 aromatic heterocycles. The number of para-hydroxylation sites is 1. The molecule has 2 amide bonds. The third-order valence-corrected chi connectivity index (χ3v) is 9.48. The summed E-state index contributed by atoms with van der Waals surface area (Å²) in [5.74, 6) is 0.605. The third kappa shape index (κ3) is 9.22. The molecule has 0 radical (unpaired) electrons. The number of primary amides is 1. The van der Waals surface area contributed by atoms with Crippen LogP contribution in [0.5, 0.6) is 5.75 Å². The first kappa shape index (κ1) is 33.7. The summed E-state index contributed by atoms with van der Waals surface area (Å²) < 4.78 is 11.6. The standard InChI is InChI=1S/C36H46ClN5O4/c1-40(24-28-23-34(45-2)29(22-32(28)37)25-42-16-12-27(13-17-42)35(38)43)20-21-41-18-14-30(15-19-41)46-36(44)39-33-11-7-6-10-31(33)26-8-4-3-5-9-26/h3-11,22-23,27,30H,12-21,24-25H2,1-2H3,(H2,38,43)(H,39,44). The molecular formula is C36H46ClN5O4. The number of benzene rings is 3. The van der Waals surface area contributed by atoms with Crippen molar-refractivity contribution < 1.29 is 19.1 Å². The highest BCUT2D eigenvalue weighted by Crippen LogP contribution is 2.31. The lowest BCUT2D eigenvalue weighted by Crippen LogP contribution is -2.41.